The molecule has 2 N–H and O–H groups in total. The summed E-state index contributed by atoms with van der Waals surface area (Å²) in [5.74, 6) is -0.512. The molecule has 0 spiro atoms. The molecular formula is C12H10ClFN2S. The molecule has 1 aromatic heterocycles. The van der Waals surface area contributed by atoms with E-state index in [0.29, 0.717) is 15.9 Å². The number of hydrogen-bond donors (Lipinski definition) is 1. The van der Waals surface area contributed by atoms with Gasteiger partial charge < -0.3 is 10.3 Å². The lowest BCUT2D eigenvalue weighted by atomic mass is 10.2. The zero-order chi connectivity index (χ0) is 12.2. The van der Waals surface area contributed by atoms with Crippen molar-refractivity contribution in [2.45, 2.75) is 18.9 Å². The van der Waals surface area contributed by atoms with Crippen LogP contribution in [-0.4, -0.2) is 4.57 Å². The predicted molar refractivity (Wildman–Crippen MR) is 70.4 cm³/mol. The van der Waals surface area contributed by atoms with Crippen LogP contribution in [0.15, 0.2) is 18.3 Å². The van der Waals surface area contributed by atoms with Gasteiger partial charge in [0.2, 0.25) is 0 Å². The third-order valence-electron chi connectivity index (χ3n) is 3.08. The Morgan fingerprint density at radius 3 is 2.82 bits per heavy atom. The number of rotatable bonds is 1. The first-order chi connectivity index (χ1) is 8.09. The van der Waals surface area contributed by atoms with Gasteiger partial charge in [0, 0.05) is 22.1 Å². The quantitative estimate of drug-likeness (QED) is 0.624. The summed E-state index contributed by atoms with van der Waals surface area (Å²) in [5.41, 5.74) is 6.38. The summed E-state index contributed by atoms with van der Waals surface area (Å²) in [4.78, 5) is 0. The number of nitrogens with two attached hydrogens (primary N) is 1. The number of pyridine rings is 1. The van der Waals surface area contributed by atoms with Gasteiger partial charge in [-0.25, -0.2) is 4.39 Å². The van der Waals surface area contributed by atoms with Gasteiger partial charge in [0.05, 0.1) is 16.2 Å². The number of nitrogen functional groups attached to an aromatic ring is 1. The van der Waals surface area contributed by atoms with E-state index in [9.17, 15) is 4.39 Å². The minimum atomic E-state index is -0.512. The van der Waals surface area contributed by atoms with E-state index in [1.807, 2.05) is 16.8 Å². The molecule has 0 radical (unpaired) electrons. The molecule has 2 nitrogen and oxygen atoms in total. The van der Waals surface area contributed by atoms with Crippen LogP contribution in [0.25, 0.3) is 10.9 Å². The first-order valence-electron chi connectivity index (χ1n) is 5.38. The van der Waals surface area contributed by atoms with Gasteiger partial charge in [0.15, 0.2) is 0 Å². The van der Waals surface area contributed by atoms with E-state index in [4.69, 9.17) is 29.6 Å². The van der Waals surface area contributed by atoms with Gasteiger partial charge in [-0.1, -0.05) is 23.8 Å². The van der Waals surface area contributed by atoms with Crippen molar-refractivity contribution in [1.82, 2.24) is 4.57 Å². The summed E-state index contributed by atoms with van der Waals surface area (Å²) in [6, 6.07) is 3.62. The molecule has 5 heteroatoms. The number of fused-ring (bicyclic) bond motifs is 1. The van der Waals surface area contributed by atoms with E-state index >= 15 is 0 Å². The van der Waals surface area contributed by atoms with Gasteiger partial charge in [-0.05, 0) is 25.0 Å². The van der Waals surface area contributed by atoms with Crippen molar-refractivity contribution in [2.75, 3.05) is 5.73 Å². The molecule has 0 atom stereocenters. The highest BCUT2D eigenvalue weighted by Crippen LogP contribution is 2.40. The molecular weight excluding hydrogens is 259 g/mol. The predicted octanol–water partition coefficient (Wildman–Crippen LogP) is 4.08. The van der Waals surface area contributed by atoms with Gasteiger partial charge in [-0.15, -0.1) is 0 Å². The minimum absolute atomic E-state index is 0.00540. The van der Waals surface area contributed by atoms with Crippen LogP contribution in [0.4, 0.5) is 10.1 Å². The van der Waals surface area contributed by atoms with Crippen molar-refractivity contribution in [2.24, 2.45) is 0 Å². The fourth-order valence-corrected chi connectivity index (χ4v) is 2.54. The maximum atomic E-state index is 13.6. The molecule has 1 saturated carbocycles. The molecule has 88 valence electrons. The van der Waals surface area contributed by atoms with Crippen LogP contribution in [0.1, 0.15) is 18.9 Å². The van der Waals surface area contributed by atoms with Crippen molar-refractivity contribution in [3.63, 3.8) is 0 Å². The monoisotopic (exact) mass is 268 g/mol. The summed E-state index contributed by atoms with van der Waals surface area (Å²) in [6.07, 6.45) is 4.14. The fourth-order valence-electron chi connectivity index (χ4n) is 2.03. The van der Waals surface area contributed by atoms with Crippen LogP contribution >= 0.6 is 23.8 Å². The Morgan fingerprint density at radius 1 is 1.47 bits per heavy atom. The summed E-state index contributed by atoms with van der Waals surface area (Å²) in [6.45, 7) is 0. The minimum Gasteiger partial charge on any atom is -0.395 e. The van der Waals surface area contributed by atoms with Crippen LogP contribution < -0.4 is 5.73 Å². The van der Waals surface area contributed by atoms with Crippen molar-refractivity contribution < 1.29 is 4.39 Å². The van der Waals surface area contributed by atoms with Crippen LogP contribution in [-0.2, 0) is 0 Å². The van der Waals surface area contributed by atoms with Crippen molar-refractivity contribution >= 4 is 40.4 Å². The molecule has 0 aliphatic heterocycles. The lowest BCUT2D eigenvalue weighted by molar-refractivity contribution is 0.633. The lowest BCUT2D eigenvalue weighted by Crippen LogP contribution is -2.01. The van der Waals surface area contributed by atoms with Crippen LogP contribution in [0.5, 0.6) is 0 Å². The van der Waals surface area contributed by atoms with Gasteiger partial charge in [-0.3, -0.25) is 0 Å². The average molecular weight is 269 g/mol. The number of nitrogens with zero attached hydrogens (tertiary/aromatic N) is 1. The second-order valence-electron chi connectivity index (χ2n) is 4.30. The second-order valence-corrected chi connectivity index (χ2v) is 5.12. The van der Waals surface area contributed by atoms with E-state index in [1.54, 1.807) is 0 Å². The maximum Gasteiger partial charge on any atom is 0.148 e. The van der Waals surface area contributed by atoms with E-state index in [-0.39, 0.29) is 10.7 Å². The highest BCUT2D eigenvalue weighted by Gasteiger charge is 2.25. The number of benzene rings is 1. The Hall–Kier alpha value is -1.13. The Labute approximate surface area is 108 Å². The van der Waals surface area contributed by atoms with Gasteiger partial charge in [0.1, 0.15) is 5.82 Å². The normalized spacial score (nSPS) is 15.4. The lowest BCUT2D eigenvalue weighted by Gasteiger charge is -2.13. The van der Waals surface area contributed by atoms with E-state index in [0.717, 1.165) is 18.4 Å². The SMILES string of the molecule is Nc1c(F)cc2c(=S)ccn(C3CC3)c2c1Cl. The largest absolute Gasteiger partial charge is 0.395 e. The van der Waals surface area contributed by atoms with E-state index in [2.05, 4.69) is 0 Å². The van der Waals surface area contributed by atoms with E-state index < -0.39 is 5.82 Å². The molecule has 17 heavy (non-hydrogen) atoms. The topological polar surface area (TPSA) is 30.9 Å². The van der Waals surface area contributed by atoms with Gasteiger partial charge >= 0.3 is 0 Å². The molecule has 0 amide bonds. The Bertz CT molecular complexity index is 676. The molecule has 1 fully saturated rings. The van der Waals surface area contributed by atoms with Crippen LogP contribution in [0.3, 0.4) is 0 Å². The van der Waals surface area contributed by atoms with Gasteiger partial charge in [0.25, 0.3) is 0 Å². The highest BCUT2D eigenvalue weighted by atomic mass is 35.5. The standard InChI is InChI=1S/C12H10ClFN2S/c13-10-11(15)8(14)5-7-9(17)3-4-16(12(7)10)6-1-2-6/h3-6H,1-2,15H2. The van der Waals surface area contributed by atoms with Crippen LogP contribution in [0.2, 0.25) is 5.02 Å². The Kier molecular flexibility index (Phi) is 2.38. The zero-order valence-electron chi connectivity index (χ0n) is 8.91. The first-order valence-corrected chi connectivity index (χ1v) is 6.16. The zero-order valence-corrected chi connectivity index (χ0v) is 10.5. The second kappa shape index (κ2) is 3.68. The molecule has 1 aliphatic rings. The first kappa shape index (κ1) is 11.0. The smallest absolute Gasteiger partial charge is 0.148 e. The molecule has 0 saturated heterocycles. The molecule has 2 aromatic rings. The Balaban J connectivity index is 2.49. The van der Waals surface area contributed by atoms with Crippen molar-refractivity contribution in [3.05, 3.63) is 33.7 Å². The van der Waals surface area contributed by atoms with Crippen molar-refractivity contribution in [1.29, 1.82) is 0 Å². The number of anilines is 1. The summed E-state index contributed by atoms with van der Waals surface area (Å²) in [5, 5.41) is 0.921. The molecule has 0 bridgehead atoms. The van der Waals surface area contributed by atoms with E-state index in [1.165, 1.54) is 6.07 Å². The number of aromatic nitrogens is 1. The van der Waals surface area contributed by atoms with Gasteiger partial charge in [-0.2, -0.15) is 0 Å². The molecule has 1 heterocycles. The highest BCUT2D eigenvalue weighted by molar-refractivity contribution is 7.71. The third-order valence-corrected chi connectivity index (χ3v) is 3.82. The Morgan fingerprint density at radius 2 is 2.18 bits per heavy atom. The molecule has 3 rings (SSSR count). The summed E-state index contributed by atoms with van der Waals surface area (Å²) >= 11 is 11.4. The number of hydrogen-bond acceptors (Lipinski definition) is 2. The van der Waals surface area contributed by atoms with Crippen molar-refractivity contribution in [3.8, 4) is 0 Å². The average Bonchev–Trinajstić information content (AvgIpc) is 3.12. The molecule has 1 aromatic carbocycles. The fraction of sp³-hybridized carbons (Fsp3) is 0.250. The van der Waals surface area contributed by atoms with Crippen LogP contribution in [0, 0.1) is 10.3 Å². The molecule has 1 aliphatic carbocycles. The summed E-state index contributed by atoms with van der Waals surface area (Å²) < 4.78 is 16.2. The molecule has 0 unspecified atom stereocenters. The maximum absolute atomic E-state index is 13.6. The third kappa shape index (κ3) is 1.63. The number of halogens is 2. The summed E-state index contributed by atoms with van der Waals surface area (Å²) in [7, 11) is 0.